The van der Waals surface area contributed by atoms with E-state index < -0.39 is 0 Å². The molecule has 2 amide bonds. The lowest BCUT2D eigenvalue weighted by molar-refractivity contribution is -0.128. The summed E-state index contributed by atoms with van der Waals surface area (Å²) in [6.45, 7) is 6.30. The molecule has 0 aromatic carbocycles. The molecule has 2 saturated heterocycles. The molecule has 2 aliphatic heterocycles. The van der Waals surface area contributed by atoms with Gasteiger partial charge in [0.05, 0.1) is 30.5 Å². The molecule has 0 aliphatic carbocycles. The van der Waals surface area contributed by atoms with Gasteiger partial charge in [-0.3, -0.25) is 9.59 Å². The molecule has 9 heteroatoms. The number of hydrogen-bond donors (Lipinski definition) is 0. The number of ether oxygens (including phenoxy) is 1. The van der Waals surface area contributed by atoms with Gasteiger partial charge in [0.1, 0.15) is 5.69 Å². The molecule has 0 bridgehead atoms. The molecule has 0 atom stereocenters. The normalized spacial score (nSPS) is 17.3. The second-order valence-electron chi connectivity index (χ2n) is 7.52. The van der Waals surface area contributed by atoms with Crippen molar-refractivity contribution < 1.29 is 14.3 Å². The Morgan fingerprint density at radius 3 is 2.79 bits per heavy atom. The molecule has 2 fully saturated rings. The van der Waals surface area contributed by atoms with Gasteiger partial charge in [-0.2, -0.15) is 0 Å². The number of rotatable bonds is 6. The van der Waals surface area contributed by atoms with Gasteiger partial charge in [-0.05, 0) is 26.3 Å². The summed E-state index contributed by atoms with van der Waals surface area (Å²) in [5, 5.41) is 8.34. The highest BCUT2D eigenvalue weighted by atomic mass is 16.5. The second kappa shape index (κ2) is 7.57. The van der Waals surface area contributed by atoms with Gasteiger partial charge < -0.3 is 14.5 Å². The van der Waals surface area contributed by atoms with Crippen molar-refractivity contribution in [2.45, 2.75) is 45.4 Å². The maximum atomic E-state index is 12.6. The predicted molar refractivity (Wildman–Crippen MR) is 99.6 cm³/mol. The fourth-order valence-corrected chi connectivity index (χ4v) is 3.42. The van der Waals surface area contributed by atoms with Crippen molar-refractivity contribution in [2.24, 2.45) is 0 Å². The average molecular weight is 384 g/mol. The molecule has 148 valence electrons. The van der Waals surface area contributed by atoms with Crippen LogP contribution in [0.15, 0.2) is 24.5 Å². The molecule has 2 aromatic heterocycles. The van der Waals surface area contributed by atoms with E-state index >= 15 is 0 Å². The van der Waals surface area contributed by atoms with Crippen LogP contribution in [-0.2, 0) is 11.3 Å². The number of pyridine rings is 1. The Hall–Kier alpha value is -2.97. The maximum absolute atomic E-state index is 12.6. The third-order valence-corrected chi connectivity index (χ3v) is 4.95. The Morgan fingerprint density at radius 1 is 1.32 bits per heavy atom. The number of carbonyl (C=O) groups is 2. The van der Waals surface area contributed by atoms with Crippen molar-refractivity contribution >= 4 is 11.8 Å². The Bertz CT molecular complexity index is 857. The first-order chi connectivity index (χ1) is 13.5. The molecular weight excluding hydrogens is 360 g/mol. The summed E-state index contributed by atoms with van der Waals surface area (Å²) in [6.07, 6.45) is 4.99. The molecule has 4 heterocycles. The first-order valence-electron chi connectivity index (χ1n) is 9.60. The minimum atomic E-state index is -0.0529. The van der Waals surface area contributed by atoms with Crippen LogP contribution in [0.5, 0.6) is 5.88 Å². The van der Waals surface area contributed by atoms with E-state index in [-0.39, 0.29) is 24.0 Å². The van der Waals surface area contributed by atoms with E-state index in [0.29, 0.717) is 37.5 Å². The fraction of sp³-hybridized carbons (Fsp3) is 0.526. The van der Waals surface area contributed by atoms with Crippen LogP contribution < -0.4 is 4.74 Å². The van der Waals surface area contributed by atoms with Gasteiger partial charge >= 0.3 is 0 Å². The Labute approximate surface area is 163 Å². The van der Waals surface area contributed by atoms with Crippen molar-refractivity contribution in [2.75, 3.05) is 19.6 Å². The molecule has 0 saturated carbocycles. The molecule has 0 N–H and O–H groups in total. The van der Waals surface area contributed by atoms with Crippen LogP contribution in [0.25, 0.3) is 0 Å². The summed E-state index contributed by atoms with van der Waals surface area (Å²) in [4.78, 5) is 32.0. The summed E-state index contributed by atoms with van der Waals surface area (Å²) in [7, 11) is 0. The van der Waals surface area contributed by atoms with Crippen LogP contribution in [0, 0.1) is 0 Å². The minimum absolute atomic E-state index is 0.0429. The van der Waals surface area contributed by atoms with E-state index in [0.717, 1.165) is 18.7 Å². The van der Waals surface area contributed by atoms with E-state index in [1.54, 1.807) is 27.9 Å². The molecule has 28 heavy (non-hydrogen) atoms. The van der Waals surface area contributed by atoms with E-state index in [2.05, 4.69) is 15.3 Å². The van der Waals surface area contributed by atoms with Gasteiger partial charge in [0.25, 0.3) is 5.91 Å². The highest BCUT2D eigenvalue weighted by Crippen LogP contribution is 2.23. The van der Waals surface area contributed by atoms with Gasteiger partial charge in [0, 0.05) is 38.3 Å². The smallest absolute Gasteiger partial charge is 0.255 e. The molecule has 9 nitrogen and oxygen atoms in total. The summed E-state index contributed by atoms with van der Waals surface area (Å²) in [6, 6.07) is 3.56. The first kappa shape index (κ1) is 18.4. The topological polar surface area (TPSA) is 93.5 Å². The van der Waals surface area contributed by atoms with Crippen molar-refractivity contribution in [3.8, 4) is 5.88 Å². The van der Waals surface area contributed by atoms with Gasteiger partial charge in [0.2, 0.25) is 11.8 Å². The molecular formula is C19H24N6O3. The number of aromatic nitrogens is 4. The zero-order valence-electron chi connectivity index (χ0n) is 16.1. The SMILES string of the molecule is CC(C)Oc1ccc(C(=O)N2CC(n3cc(CN4CCCC4=O)nn3)C2)cn1. The molecule has 2 aliphatic rings. The molecule has 2 aromatic rings. The van der Waals surface area contributed by atoms with E-state index in [1.807, 2.05) is 24.9 Å². The zero-order chi connectivity index (χ0) is 19.7. The third kappa shape index (κ3) is 3.83. The lowest BCUT2D eigenvalue weighted by Gasteiger charge is -2.38. The van der Waals surface area contributed by atoms with Crippen LogP contribution in [0.1, 0.15) is 48.8 Å². The van der Waals surface area contributed by atoms with Crippen molar-refractivity contribution in [1.82, 2.24) is 29.8 Å². The number of nitrogens with zero attached hydrogens (tertiary/aromatic N) is 6. The van der Waals surface area contributed by atoms with Crippen LogP contribution in [0.3, 0.4) is 0 Å². The van der Waals surface area contributed by atoms with Gasteiger partial charge in [-0.1, -0.05) is 5.21 Å². The van der Waals surface area contributed by atoms with Crippen LogP contribution in [0.2, 0.25) is 0 Å². The van der Waals surface area contributed by atoms with Crippen molar-refractivity contribution in [1.29, 1.82) is 0 Å². The highest BCUT2D eigenvalue weighted by molar-refractivity contribution is 5.94. The third-order valence-electron chi connectivity index (χ3n) is 4.95. The van der Waals surface area contributed by atoms with Gasteiger partial charge in [-0.25, -0.2) is 9.67 Å². The lowest BCUT2D eigenvalue weighted by atomic mass is 10.1. The van der Waals surface area contributed by atoms with Crippen molar-refractivity contribution in [3.63, 3.8) is 0 Å². The van der Waals surface area contributed by atoms with Crippen LogP contribution in [-0.4, -0.2) is 67.3 Å². The van der Waals surface area contributed by atoms with E-state index in [4.69, 9.17) is 4.74 Å². The van der Waals surface area contributed by atoms with Gasteiger partial charge in [-0.15, -0.1) is 5.10 Å². The van der Waals surface area contributed by atoms with Crippen molar-refractivity contribution in [3.05, 3.63) is 35.8 Å². The minimum Gasteiger partial charge on any atom is -0.475 e. The zero-order valence-corrected chi connectivity index (χ0v) is 16.1. The number of amides is 2. The Kier molecular flexibility index (Phi) is 4.97. The van der Waals surface area contributed by atoms with E-state index in [9.17, 15) is 9.59 Å². The molecule has 0 radical (unpaired) electrons. The van der Waals surface area contributed by atoms with Crippen LogP contribution in [0.4, 0.5) is 0 Å². The molecule has 0 spiro atoms. The predicted octanol–water partition coefficient (Wildman–Crippen LogP) is 1.28. The number of likely N-dealkylation sites (tertiary alicyclic amines) is 2. The second-order valence-corrected chi connectivity index (χ2v) is 7.52. The van der Waals surface area contributed by atoms with Gasteiger partial charge in [0.15, 0.2) is 0 Å². The summed E-state index contributed by atoms with van der Waals surface area (Å²) in [5.74, 6) is 0.635. The fourth-order valence-electron chi connectivity index (χ4n) is 3.42. The lowest BCUT2D eigenvalue weighted by Crippen LogP contribution is -2.50. The average Bonchev–Trinajstić information content (AvgIpc) is 3.24. The van der Waals surface area contributed by atoms with E-state index in [1.165, 1.54) is 0 Å². The summed E-state index contributed by atoms with van der Waals surface area (Å²) < 4.78 is 7.29. The standard InChI is InChI=1S/C19H24N6O3/c1-13(2)28-17-6-5-14(8-20-17)19(27)24-11-16(12-24)25-10-15(21-22-25)9-23-7-3-4-18(23)26/h5-6,8,10,13,16H,3-4,7,9,11-12H2,1-2H3. The molecule has 4 rings (SSSR count). The van der Waals surface area contributed by atoms with Crippen LogP contribution >= 0.6 is 0 Å². The highest BCUT2D eigenvalue weighted by Gasteiger charge is 2.33. The first-order valence-corrected chi connectivity index (χ1v) is 9.60. The summed E-state index contributed by atoms with van der Waals surface area (Å²) in [5.41, 5.74) is 1.33. The summed E-state index contributed by atoms with van der Waals surface area (Å²) >= 11 is 0. The molecule has 0 unspecified atom stereocenters. The maximum Gasteiger partial charge on any atom is 0.255 e. The Balaban J connectivity index is 1.30. The number of carbonyl (C=O) groups excluding carboxylic acids is 2. The number of hydrogen-bond acceptors (Lipinski definition) is 6. The monoisotopic (exact) mass is 384 g/mol. The Morgan fingerprint density at radius 2 is 2.14 bits per heavy atom. The quantitative estimate of drug-likeness (QED) is 0.745. The largest absolute Gasteiger partial charge is 0.475 e.